The Hall–Kier alpha value is -2.60. The summed E-state index contributed by atoms with van der Waals surface area (Å²) in [7, 11) is 1.64. The molecule has 0 aromatic heterocycles. The Morgan fingerprint density at radius 1 is 0.906 bits per heavy atom. The van der Waals surface area contributed by atoms with Crippen LogP contribution >= 0.6 is 23.2 Å². The fourth-order valence-corrected chi connectivity index (χ4v) is 3.99. The number of rotatable bonds is 8. The zero-order valence-electron chi connectivity index (χ0n) is 17.9. The van der Waals surface area contributed by atoms with Gasteiger partial charge in [-0.05, 0) is 53.6 Å². The molecule has 1 fully saturated rings. The molecule has 3 aromatic carbocycles. The zero-order valence-corrected chi connectivity index (χ0v) is 19.5. The third-order valence-corrected chi connectivity index (χ3v) is 5.89. The summed E-state index contributed by atoms with van der Waals surface area (Å²) >= 11 is 12.5. The van der Waals surface area contributed by atoms with Gasteiger partial charge in [0.15, 0.2) is 11.5 Å². The summed E-state index contributed by atoms with van der Waals surface area (Å²) in [4.78, 5) is 2.25. The second-order valence-electron chi connectivity index (χ2n) is 7.52. The molecule has 4 rings (SSSR count). The van der Waals surface area contributed by atoms with Crippen LogP contribution in [0.5, 0.6) is 11.5 Å². The number of ether oxygens (including phenoxy) is 3. The van der Waals surface area contributed by atoms with E-state index in [9.17, 15) is 0 Å². The third kappa shape index (κ3) is 5.80. The number of hydrogen-bond donors (Lipinski definition) is 1. The maximum absolute atomic E-state index is 6.54. The molecule has 0 atom stereocenters. The number of nitrogens with one attached hydrogen (secondary N) is 1. The first-order chi connectivity index (χ1) is 15.6. The summed E-state index contributed by atoms with van der Waals surface area (Å²) in [5.41, 5.74) is 4.13. The predicted molar refractivity (Wildman–Crippen MR) is 131 cm³/mol. The number of hydrogen-bond acceptors (Lipinski definition) is 5. The first kappa shape index (κ1) is 22.6. The first-order valence-electron chi connectivity index (χ1n) is 10.5. The third-order valence-electron chi connectivity index (χ3n) is 5.33. The molecule has 3 aromatic rings. The minimum Gasteiger partial charge on any atom is -0.493 e. The highest BCUT2D eigenvalue weighted by Crippen LogP contribution is 2.31. The Labute approximate surface area is 198 Å². The van der Waals surface area contributed by atoms with Crippen LogP contribution in [0.3, 0.4) is 0 Å². The lowest BCUT2D eigenvalue weighted by atomic mass is 10.2. The second kappa shape index (κ2) is 10.8. The Morgan fingerprint density at radius 3 is 2.38 bits per heavy atom. The molecule has 0 aliphatic carbocycles. The van der Waals surface area contributed by atoms with E-state index in [1.807, 2.05) is 48.5 Å². The van der Waals surface area contributed by atoms with Crippen molar-refractivity contribution in [2.24, 2.45) is 0 Å². The molecular formula is C25H26Cl2N2O3. The van der Waals surface area contributed by atoms with Gasteiger partial charge in [-0.15, -0.1) is 0 Å². The molecule has 1 N–H and O–H groups in total. The molecule has 1 saturated heterocycles. The molecular weight excluding hydrogens is 447 g/mol. The van der Waals surface area contributed by atoms with E-state index < -0.39 is 0 Å². The summed E-state index contributed by atoms with van der Waals surface area (Å²) in [6, 6.07) is 19.6. The lowest BCUT2D eigenvalue weighted by Gasteiger charge is -2.29. The number of anilines is 2. The highest BCUT2D eigenvalue weighted by Gasteiger charge is 2.14. The van der Waals surface area contributed by atoms with Crippen LogP contribution in [0.1, 0.15) is 11.1 Å². The summed E-state index contributed by atoms with van der Waals surface area (Å²) in [6.45, 7) is 4.27. The van der Waals surface area contributed by atoms with Crippen molar-refractivity contribution in [2.45, 2.75) is 13.2 Å². The van der Waals surface area contributed by atoms with Gasteiger partial charge in [-0.3, -0.25) is 0 Å². The van der Waals surface area contributed by atoms with Gasteiger partial charge in [-0.2, -0.15) is 0 Å². The molecule has 1 aliphatic heterocycles. The van der Waals surface area contributed by atoms with Crippen LogP contribution in [-0.2, 0) is 17.9 Å². The molecule has 0 bridgehead atoms. The number of nitrogens with zero attached hydrogens (tertiary/aromatic N) is 1. The minimum atomic E-state index is 0.444. The standard InChI is InChI=1S/C25H26Cl2N2O3/c1-30-25-14-19(4-9-24(25)32-17-18-2-5-20(26)6-3-18)16-28-21-7-8-23(22(27)15-21)29-10-12-31-13-11-29/h2-9,14-15,28H,10-13,16-17H2,1H3. The SMILES string of the molecule is COc1cc(CNc2ccc(N3CCOCC3)c(Cl)c2)ccc1OCc1ccc(Cl)cc1. The molecule has 32 heavy (non-hydrogen) atoms. The lowest BCUT2D eigenvalue weighted by Crippen LogP contribution is -2.36. The second-order valence-corrected chi connectivity index (χ2v) is 8.36. The number of halogens is 2. The van der Waals surface area contributed by atoms with E-state index in [1.54, 1.807) is 7.11 Å². The Morgan fingerprint density at radius 2 is 1.66 bits per heavy atom. The summed E-state index contributed by atoms with van der Waals surface area (Å²) in [5, 5.41) is 4.87. The van der Waals surface area contributed by atoms with Crippen molar-refractivity contribution in [2.75, 3.05) is 43.6 Å². The smallest absolute Gasteiger partial charge is 0.161 e. The number of morpholine rings is 1. The Balaban J connectivity index is 1.36. The topological polar surface area (TPSA) is 43.0 Å². The van der Waals surface area contributed by atoms with Crippen molar-refractivity contribution in [3.8, 4) is 11.5 Å². The summed E-state index contributed by atoms with van der Waals surface area (Å²) in [5.74, 6) is 1.39. The molecule has 168 valence electrons. The van der Waals surface area contributed by atoms with Gasteiger partial charge in [0.2, 0.25) is 0 Å². The first-order valence-corrected chi connectivity index (χ1v) is 11.3. The fourth-order valence-electron chi connectivity index (χ4n) is 3.56. The van der Waals surface area contributed by atoms with E-state index in [0.717, 1.165) is 53.8 Å². The van der Waals surface area contributed by atoms with E-state index in [2.05, 4.69) is 22.3 Å². The quantitative estimate of drug-likeness (QED) is 0.433. The van der Waals surface area contributed by atoms with Crippen molar-refractivity contribution in [1.82, 2.24) is 0 Å². The molecule has 0 spiro atoms. The van der Waals surface area contributed by atoms with Gasteiger partial charge in [0, 0.05) is 30.3 Å². The normalized spacial score (nSPS) is 13.7. The lowest BCUT2D eigenvalue weighted by molar-refractivity contribution is 0.122. The Bertz CT molecular complexity index is 1040. The average Bonchev–Trinajstić information content (AvgIpc) is 2.83. The fraction of sp³-hybridized carbons (Fsp3) is 0.280. The van der Waals surface area contributed by atoms with Crippen LogP contribution in [0.25, 0.3) is 0 Å². The van der Waals surface area contributed by atoms with E-state index >= 15 is 0 Å². The van der Waals surface area contributed by atoms with E-state index in [1.165, 1.54) is 0 Å². The monoisotopic (exact) mass is 472 g/mol. The average molecular weight is 473 g/mol. The van der Waals surface area contributed by atoms with E-state index in [0.29, 0.717) is 29.7 Å². The Kier molecular flexibility index (Phi) is 7.63. The van der Waals surface area contributed by atoms with Crippen molar-refractivity contribution in [3.05, 3.63) is 81.8 Å². The number of methoxy groups -OCH3 is 1. The van der Waals surface area contributed by atoms with E-state index in [-0.39, 0.29) is 0 Å². The zero-order chi connectivity index (χ0) is 22.3. The highest BCUT2D eigenvalue weighted by molar-refractivity contribution is 6.33. The van der Waals surface area contributed by atoms with Crippen LogP contribution < -0.4 is 19.7 Å². The van der Waals surface area contributed by atoms with Gasteiger partial charge < -0.3 is 24.4 Å². The van der Waals surface area contributed by atoms with Gasteiger partial charge in [-0.1, -0.05) is 41.4 Å². The van der Waals surface area contributed by atoms with Gasteiger partial charge in [0.25, 0.3) is 0 Å². The molecule has 5 nitrogen and oxygen atoms in total. The van der Waals surface area contributed by atoms with Crippen LogP contribution in [0.2, 0.25) is 10.0 Å². The molecule has 0 amide bonds. The summed E-state index contributed by atoms with van der Waals surface area (Å²) < 4.78 is 16.9. The van der Waals surface area contributed by atoms with Crippen LogP contribution in [-0.4, -0.2) is 33.4 Å². The predicted octanol–water partition coefficient (Wildman–Crippen LogP) is 6.03. The van der Waals surface area contributed by atoms with Crippen molar-refractivity contribution in [3.63, 3.8) is 0 Å². The van der Waals surface area contributed by atoms with Gasteiger partial charge in [-0.25, -0.2) is 0 Å². The molecule has 1 heterocycles. The molecule has 7 heteroatoms. The molecule has 0 saturated carbocycles. The molecule has 0 radical (unpaired) electrons. The summed E-state index contributed by atoms with van der Waals surface area (Å²) in [6.07, 6.45) is 0. The largest absolute Gasteiger partial charge is 0.493 e. The van der Waals surface area contributed by atoms with Gasteiger partial charge in [0.1, 0.15) is 6.61 Å². The number of benzene rings is 3. The minimum absolute atomic E-state index is 0.444. The van der Waals surface area contributed by atoms with Crippen LogP contribution in [0.15, 0.2) is 60.7 Å². The van der Waals surface area contributed by atoms with Gasteiger partial charge in [0.05, 0.1) is 31.0 Å². The maximum atomic E-state index is 6.54. The highest BCUT2D eigenvalue weighted by atomic mass is 35.5. The van der Waals surface area contributed by atoms with Crippen molar-refractivity contribution < 1.29 is 14.2 Å². The molecule has 1 aliphatic rings. The van der Waals surface area contributed by atoms with Crippen molar-refractivity contribution in [1.29, 1.82) is 0 Å². The van der Waals surface area contributed by atoms with Gasteiger partial charge >= 0.3 is 0 Å². The van der Waals surface area contributed by atoms with Crippen LogP contribution in [0.4, 0.5) is 11.4 Å². The van der Waals surface area contributed by atoms with Crippen molar-refractivity contribution >= 4 is 34.6 Å². The van der Waals surface area contributed by atoms with E-state index in [4.69, 9.17) is 37.4 Å². The van der Waals surface area contributed by atoms with Crippen LogP contribution in [0, 0.1) is 0 Å². The molecule has 0 unspecified atom stereocenters. The maximum Gasteiger partial charge on any atom is 0.161 e.